The maximum Gasteiger partial charge on any atom is 0.354 e. The maximum atomic E-state index is 11.3. The monoisotopic (exact) mass is 259 g/mol. The molecule has 0 saturated carbocycles. The molecule has 4 nitrogen and oxygen atoms in total. The highest BCUT2D eigenvalue weighted by Crippen LogP contribution is 2.29. The van der Waals surface area contributed by atoms with Crippen molar-refractivity contribution >= 4 is 21.9 Å². The number of carbonyl (C=O) groups excluding carboxylic acids is 1. The van der Waals surface area contributed by atoms with Crippen LogP contribution < -0.4 is 5.32 Å². The van der Waals surface area contributed by atoms with Gasteiger partial charge in [-0.05, 0) is 28.9 Å². The number of fused-ring (bicyclic) bond motifs is 1. The second-order valence-electron chi connectivity index (χ2n) is 3.03. The van der Waals surface area contributed by atoms with Gasteiger partial charge in [-0.15, -0.1) is 0 Å². The Morgan fingerprint density at radius 1 is 1.79 bits per heavy atom. The third kappa shape index (κ3) is 1.52. The largest absolute Gasteiger partial charge is 0.490 e. The summed E-state index contributed by atoms with van der Waals surface area (Å²) >= 11 is 3.35. The third-order valence-corrected chi connectivity index (χ3v) is 2.78. The van der Waals surface area contributed by atoms with Crippen LogP contribution in [0, 0.1) is 0 Å². The summed E-state index contributed by atoms with van der Waals surface area (Å²) in [5.74, 6) is -0.328. The summed E-state index contributed by atoms with van der Waals surface area (Å²) in [5.41, 5.74) is 0.479. The van der Waals surface area contributed by atoms with Crippen LogP contribution in [-0.2, 0) is 14.3 Å². The lowest BCUT2D eigenvalue weighted by atomic mass is 10.2. The van der Waals surface area contributed by atoms with Crippen LogP contribution in [0.4, 0.5) is 0 Å². The first-order valence-electron chi connectivity index (χ1n) is 4.39. The van der Waals surface area contributed by atoms with E-state index in [1.807, 2.05) is 0 Å². The van der Waals surface area contributed by atoms with Gasteiger partial charge in [0.1, 0.15) is 17.8 Å². The summed E-state index contributed by atoms with van der Waals surface area (Å²) in [6.07, 6.45) is 3.29. The molecular formula is C9H10BrNO3. The second-order valence-corrected chi connectivity index (χ2v) is 3.94. The minimum absolute atomic E-state index is 0.0226. The smallest absolute Gasteiger partial charge is 0.354 e. The summed E-state index contributed by atoms with van der Waals surface area (Å²) in [7, 11) is 0. The number of hydrogen-bond acceptors (Lipinski definition) is 4. The van der Waals surface area contributed by atoms with Crippen LogP contribution in [0.15, 0.2) is 22.5 Å². The Bertz CT molecular complexity index is 324. The molecule has 0 aromatic rings. The zero-order chi connectivity index (χ0) is 10.1. The van der Waals surface area contributed by atoms with Crippen molar-refractivity contribution < 1.29 is 14.3 Å². The Kier molecular flexibility index (Phi) is 2.50. The lowest BCUT2D eigenvalue weighted by molar-refractivity contribution is -0.138. The lowest BCUT2D eigenvalue weighted by Gasteiger charge is -2.10. The topological polar surface area (TPSA) is 47.6 Å². The molecule has 0 aromatic carbocycles. The number of nitrogens with one attached hydrogen (secondary N) is 1. The molecule has 1 N–H and O–H groups in total. The van der Waals surface area contributed by atoms with Gasteiger partial charge in [0.05, 0.1) is 17.4 Å². The van der Waals surface area contributed by atoms with E-state index in [0.717, 1.165) is 4.48 Å². The molecule has 0 spiro atoms. The van der Waals surface area contributed by atoms with E-state index in [1.165, 1.54) is 0 Å². The lowest BCUT2D eigenvalue weighted by Crippen LogP contribution is -2.31. The van der Waals surface area contributed by atoms with Gasteiger partial charge in [0.25, 0.3) is 0 Å². The number of rotatable bonds is 2. The first-order chi connectivity index (χ1) is 6.72. The van der Waals surface area contributed by atoms with E-state index in [2.05, 4.69) is 21.2 Å². The molecule has 2 atom stereocenters. The molecular weight excluding hydrogens is 250 g/mol. The third-order valence-electron chi connectivity index (χ3n) is 2.10. The fourth-order valence-corrected chi connectivity index (χ4v) is 1.94. The maximum absolute atomic E-state index is 11.3. The first-order valence-corrected chi connectivity index (χ1v) is 5.18. The highest BCUT2D eigenvalue weighted by Gasteiger charge is 2.36. The van der Waals surface area contributed by atoms with Crippen molar-refractivity contribution in [3.05, 3.63) is 22.5 Å². The number of esters is 1. The van der Waals surface area contributed by atoms with Gasteiger partial charge in [-0.3, -0.25) is 0 Å². The van der Waals surface area contributed by atoms with Gasteiger partial charge in [-0.25, -0.2) is 4.79 Å². The molecule has 2 rings (SSSR count). The van der Waals surface area contributed by atoms with Gasteiger partial charge in [0.15, 0.2) is 0 Å². The van der Waals surface area contributed by atoms with Crippen molar-refractivity contribution in [1.82, 2.24) is 5.32 Å². The van der Waals surface area contributed by atoms with Crippen LogP contribution in [0.25, 0.3) is 0 Å². The van der Waals surface area contributed by atoms with Gasteiger partial charge in [-0.1, -0.05) is 0 Å². The molecule has 0 aromatic heterocycles. The summed E-state index contributed by atoms with van der Waals surface area (Å²) < 4.78 is 11.1. The van der Waals surface area contributed by atoms with Crippen LogP contribution in [0.5, 0.6) is 0 Å². The van der Waals surface area contributed by atoms with Crippen molar-refractivity contribution in [2.24, 2.45) is 0 Å². The molecule has 0 saturated heterocycles. The normalized spacial score (nSPS) is 28.4. The van der Waals surface area contributed by atoms with Crippen molar-refractivity contribution in [2.75, 3.05) is 6.61 Å². The van der Waals surface area contributed by atoms with Crippen molar-refractivity contribution in [3.63, 3.8) is 0 Å². The molecule has 2 aliphatic heterocycles. The summed E-state index contributed by atoms with van der Waals surface area (Å²) in [6, 6.07) is 0.0226. The SMILES string of the molecule is CCOC(=O)C1=C[C@@H]2OC=C(Br)[C@@H]2N1. The van der Waals surface area contributed by atoms with E-state index in [9.17, 15) is 4.79 Å². The Morgan fingerprint density at radius 3 is 3.21 bits per heavy atom. The fraction of sp³-hybridized carbons (Fsp3) is 0.444. The van der Waals surface area contributed by atoms with Gasteiger partial charge < -0.3 is 14.8 Å². The van der Waals surface area contributed by atoms with Crippen LogP contribution in [0.2, 0.25) is 0 Å². The molecule has 0 amide bonds. The van der Waals surface area contributed by atoms with Gasteiger partial charge in [-0.2, -0.15) is 0 Å². The van der Waals surface area contributed by atoms with Crippen molar-refractivity contribution in [3.8, 4) is 0 Å². The van der Waals surface area contributed by atoms with E-state index < -0.39 is 0 Å². The molecule has 0 aliphatic carbocycles. The molecule has 2 aliphatic rings. The van der Waals surface area contributed by atoms with E-state index in [0.29, 0.717) is 12.3 Å². The molecule has 5 heteroatoms. The minimum Gasteiger partial charge on any atom is -0.490 e. The van der Waals surface area contributed by atoms with Crippen molar-refractivity contribution in [2.45, 2.75) is 19.1 Å². The van der Waals surface area contributed by atoms with Crippen LogP contribution in [0.1, 0.15) is 6.92 Å². The molecule has 0 unspecified atom stereocenters. The number of carbonyl (C=O) groups is 1. The Balaban J connectivity index is 2.03. The second kappa shape index (κ2) is 3.65. The first kappa shape index (κ1) is 9.58. The molecule has 2 heterocycles. The van der Waals surface area contributed by atoms with Gasteiger partial charge in [0.2, 0.25) is 0 Å². The molecule has 76 valence electrons. The summed E-state index contributed by atoms with van der Waals surface area (Å²) in [5, 5.41) is 3.03. The zero-order valence-corrected chi connectivity index (χ0v) is 9.21. The van der Waals surface area contributed by atoms with Crippen LogP contribution in [-0.4, -0.2) is 24.7 Å². The summed E-state index contributed by atoms with van der Waals surface area (Å²) in [6.45, 7) is 2.16. The number of hydrogen-bond donors (Lipinski definition) is 1. The van der Waals surface area contributed by atoms with E-state index in [-0.39, 0.29) is 18.1 Å². The van der Waals surface area contributed by atoms with Gasteiger partial charge in [0, 0.05) is 0 Å². The number of ether oxygens (including phenoxy) is 2. The number of halogens is 1. The van der Waals surface area contributed by atoms with Crippen LogP contribution >= 0.6 is 15.9 Å². The Morgan fingerprint density at radius 2 is 2.57 bits per heavy atom. The van der Waals surface area contributed by atoms with Crippen LogP contribution in [0.3, 0.4) is 0 Å². The molecule has 0 fully saturated rings. The molecule has 14 heavy (non-hydrogen) atoms. The standard InChI is InChI=1S/C9H10BrNO3/c1-2-13-9(12)6-3-7-8(11-6)5(10)4-14-7/h3-4,7-8,11H,2H2,1H3/t7-,8-/m0/s1. The average Bonchev–Trinajstić information content (AvgIpc) is 2.69. The Labute approximate surface area is 90.1 Å². The fourth-order valence-electron chi connectivity index (χ4n) is 1.45. The summed E-state index contributed by atoms with van der Waals surface area (Å²) in [4.78, 5) is 11.3. The average molecular weight is 260 g/mol. The predicted octanol–water partition coefficient (Wildman–Crippen LogP) is 1.04. The Hall–Kier alpha value is -0.970. The van der Waals surface area contributed by atoms with E-state index in [4.69, 9.17) is 9.47 Å². The quantitative estimate of drug-likeness (QED) is 0.753. The molecule has 0 radical (unpaired) electrons. The minimum atomic E-state index is -0.328. The van der Waals surface area contributed by atoms with E-state index >= 15 is 0 Å². The van der Waals surface area contributed by atoms with Crippen molar-refractivity contribution in [1.29, 1.82) is 0 Å². The predicted molar refractivity (Wildman–Crippen MR) is 53.5 cm³/mol. The zero-order valence-electron chi connectivity index (χ0n) is 7.62. The van der Waals surface area contributed by atoms with E-state index in [1.54, 1.807) is 19.3 Å². The highest BCUT2D eigenvalue weighted by molar-refractivity contribution is 9.11. The van der Waals surface area contributed by atoms with Gasteiger partial charge >= 0.3 is 5.97 Å². The highest BCUT2D eigenvalue weighted by atomic mass is 79.9. The molecule has 0 bridgehead atoms.